The summed E-state index contributed by atoms with van der Waals surface area (Å²) in [4.78, 5) is 16.6. The van der Waals surface area contributed by atoms with Crippen molar-refractivity contribution in [1.82, 2.24) is 10.3 Å². The van der Waals surface area contributed by atoms with E-state index in [4.69, 9.17) is 0 Å². The van der Waals surface area contributed by atoms with Gasteiger partial charge in [0.1, 0.15) is 0 Å². The van der Waals surface area contributed by atoms with Crippen molar-refractivity contribution in [2.45, 2.75) is 45.6 Å². The predicted molar refractivity (Wildman–Crippen MR) is 74.0 cm³/mol. The highest BCUT2D eigenvalue weighted by atomic mass is 16.3. The van der Waals surface area contributed by atoms with E-state index in [1.165, 1.54) is 0 Å². The molecule has 2 unspecified atom stereocenters. The van der Waals surface area contributed by atoms with Crippen LogP contribution >= 0.6 is 0 Å². The molecule has 0 aliphatic heterocycles. The molecule has 2 rings (SSSR count). The topological polar surface area (TPSA) is 62.2 Å². The molecule has 0 saturated heterocycles. The molecule has 1 aromatic rings. The normalized spacial score (nSPS) is 23.1. The minimum absolute atomic E-state index is 0.0737. The third-order valence-electron chi connectivity index (χ3n) is 3.93. The van der Waals surface area contributed by atoms with E-state index in [1.807, 2.05) is 26.0 Å². The number of aryl methyl sites for hydroxylation is 2. The van der Waals surface area contributed by atoms with E-state index in [1.54, 1.807) is 0 Å². The maximum Gasteiger partial charge on any atom is 0.253 e. The zero-order valence-corrected chi connectivity index (χ0v) is 11.6. The van der Waals surface area contributed by atoms with E-state index >= 15 is 0 Å². The molecular weight excluding hydrogens is 240 g/mol. The van der Waals surface area contributed by atoms with Crippen LogP contribution in [-0.4, -0.2) is 28.6 Å². The lowest BCUT2D eigenvalue weighted by molar-refractivity contribution is 0.0871. The Morgan fingerprint density at radius 2 is 2.11 bits per heavy atom. The van der Waals surface area contributed by atoms with Crippen molar-refractivity contribution in [3.63, 3.8) is 0 Å². The molecule has 1 aliphatic rings. The van der Waals surface area contributed by atoms with E-state index in [0.29, 0.717) is 5.56 Å². The SMILES string of the molecule is Cc1ccc(C(=O)NC2CCCCC2CO)c(C)n1. The fraction of sp³-hybridized carbons (Fsp3) is 0.600. The Balaban J connectivity index is 2.07. The minimum Gasteiger partial charge on any atom is -0.396 e. The van der Waals surface area contributed by atoms with Gasteiger partial charge in [-0.05, 0) is 38.8 Å². The number of hydrogen-bond acceptors (Lipinski definition) is 3. The Labute approximate surface area is 114 Å². The second-order valence-corrected chi connectivity index (χ2v) is 5.39. The largest absolute Gasteiger partial charge is 0.396 e. The lowest BCUT2D eigenvalue weighted by atomic mass is 9.85. The third kappa shape index (κ3) is 3.32. The molecule has 0 radical (unpaired) electrons. The Kier molecular flexibility index (Phi) is 4.53. The van der Waals surface area contributed by atoms with Crippen LogP contribution in [0.4, 0.5) is 0 Å². The Morgan fingerprint density at radius 1 is 1.37 bits per heavy atom. The summed E-state index contributed by atoms with van der Waals surface area (Å²) in [6.07, 6.45) is 4.21. The van der Waals surface area contributed by atoms with Crippen LogP contribution in [0.25, 0.3) is 0 Å². The van der Waals surface area contributed by atoms with E-state index in [-0.39, 0.29) is 24.5 Å². The maximum atomic E-state index is 12.3. The second-order valence-electron chi connectivity index (χ2n) is 5.39. The minimum atomic E-state index is -0.0737. The van der Waals surface area contributed by atoms with E-state index in [9.17, 15) is 9.90 Å². The highest BCUT2D eigenvalue weighted by Gasteiger charge is 2.26. The Hall–Kier alpha value is -1.42. The molecule has 1 heterocycles. The van der Waals surface area contributed by atoms with E-state index in [2.05, 4.69) is 10.3 Å². The molecule has 4 heteroatoms. The molecule has 1 amide bonds. The summed E-state index contributed by atoms with van der Waals surface area (Å²) < 4.78 is 0. The maximum absolute atomic E-state index is 12.3. The zero-order valence-electron chi connectivity index (χ0n) is 11.6. The Bertz CT molecular complexity index is 459. The van der Waals surface area contributed by atoms with Crippen LogP contribution in [-0.2, 0) is 0 Å². The third-order valence-corrected chi connectivity index (χ3v) is 3.93. The molecular formula is C15H22N2O2. The van der Waals surface area contributed by atoms with Crippen LogP contribution in [0.2, 0.25) is 0 Å². The lowest BCUT2D eigenvalue weighted by Crippen LogP contribution is -2.43. The summed E-state index contributed by atoms with van der Waals surface area (Å²) in [7, 11) is 0. The molecule has 1 fully saturated rings. The summed E-state index contributed by atoms with van der Waals surface area (Å²) in [6, 6.07) is 3.77. The molecule has 4 nitrogen and oxygen atoms in total. The van der Waals surface area contributed by atoms with Gasteiger partial charge in [0.2, 0.25) is 0 Å². The highest BCUT2D eigenvalue weighted by molar-refractivity contribution is 5.95. The molecule has 2 N–H and O–H groups in total. The first-order chi connectivity index (χ1) is 9.11. The first kappa shape index (κ1) is 14.0. The number of aliphatic hydroxyl groups excluding tert-OH is 1. The fourth-order valence-corrected chi connectivity index (χ4v) is 2.79. The van der Waals surface area contributed by atoms with Gasteiger partial charge in [-0.15, -0.1) is 0 Å². The van der Waals surface area contributed by atoms with Gasteiger partial charge in [0.25, 0.3) is 5.91 Å². The van der Waals surface area contributed by atoms with Crippen LogP contribution in [0.3, 0.4) is 0 Å². The first-order valence-corrected chi connectivity index (χ1v) is 6.98. The van der Waals surface area contributed by atoms with Crippen LogP contribution in [0.1, 0.15) is 47.4 Å². The van der Waals surface area contributed by atoms with Crippen molar-refractivity contribution in [2.24, 2.45) is 5.92 Å². The van der Waals surface area contributed by atoms with Gasteiger partial charge in [0.15, 0.2) is 0 Å². The zero-order chi connectivity index (χ0) is 13.8. The summed E-state index contributed by atoms with van der Waals surface area (Å²) in [5.41, 5.74) is 2.31. The molecule has 0 aromatic carbocycles. The number of carbonyl (C=O) groups excluding carboxylic acids is 1. The number of nitrogens with zero attached hydrogens (tertiary/aromatic N) is 1. The number of aliphatic hydroxyl groups is 1. The van der Waals surface area contributed by atoms with Crippen molar-refractivity contribution >= 4 is 5.91 Å². The van der Waals surface area contributed by atoms with Gasteiger partial charge in [-0.3, -0.25) is 9.78 Å². The number of amides is 1. The molecule has 1 aliphatic carbocycles. The van der Waals surface area contributed by atoms with Crippen molar-refractivity contribution in [3.8, 4) is 0 Å². The molecule has 0 bridgehead atoms. The number of aromatic nitrogens is 1. The average Bonchev–Trinajstić information content (AvgIpc) is 2.39. The number of carbonyl (C=O) groups is 1. The number of pyridine rings is 1. The van der Waals surface area contributed by atoms with Crippen LogP contribution in [0, 0.1) is 19.8 Å². The predicted octanol–water partition coefficient (Wildman–Crippen LogP) is 1.98. The average molecular weight is 262 g/mol. The summed E-state index contributed by atoms with van der Waals surface area (Å²) in [5, 5.41) is 12.4. The quantitative estimate of drug-likeness (QED) is 0.875. The van der Waals surface area contributed by atoms with Crippen molar-refractivity contribution < 1.29 is 9.90 Å². The van der Waals surface area contributed by atoms with Gasteiger partial charge < -0.3 is 10.4 Å². The van der Waals surface area contributed by atoms with Crippen LogP contribution in [0.5, 0.6) is 0 Å². The van der Waals surface area contributed by atoms with Gasteiger partial charge in [-0.25, -0.2) is 0 Å². The smallest absolute Gasteiger partial charge is 0.253 e. The van der Waals surface area contributed by atoms with Crippen LogP contribution in [0.15, 0.2) is 12.1 Å². The molecule has 1 saturated carbocycles. The molecule has 2 atom stereocenters. The Morgan fingerprint density at radius 3 is 2.79 bits per heavy atom. The van der Waals surface area contributed by atoms with Gasteiger partial charge in [0.05, 0.1) is 11.3 Å². The van der Waals surface area contributed by atoms with Gasteiger partial charge in [0, 0.05) is 24.3 Å². The molecule has 104 valence electrons. The lowest BCUT2D eigenvalue weighted by Gasteiger charge is -2.31. The number of nitrogens with one attached hydrogen (secondary N) is 1. The van der Waals surface area contributed by atoms with E-state index < -0.39 is 0 Å². The second kappa shape index (κ2) is 6.15. The first-order valence-electron chi connectivity index (χ1n) is 6.98. The molecule has 0 spiro atoms. The molecule has 19 heavy (non-hydrogen) atoms. The van der Waals surface area contributed by atoms with Gasteiger partial charge in [-0.1, -0.05) is 12.8 Å². The summed E-state index contributed by atoms with van der Waals surface area (Å²) in [5.74, 6) is 0.117. The van der Waals surface area contributed by atoms with Gasteiger partial charge >= 0.3 is 0 Å². The van der Waals surface area contributed by atoms with Crippen molar-refractivity contribution in [3.05, 3.63) is 29.1 Å². The summed E-state index contributed by atoms with van der Waals surface area (Å²) >= 11 is 0. The van der Waals surface area contributed by atoms with Crippen molar-refractivity contribution in [2.75, 3.05) is 6.61 Å². The monoisotopic (exact) mass is 262 g/mol. The molecule has 1 aromatic heterocycles. The summed E-state index contributed by atoms with van der Waals surface area (Å²) in [6.45, 7) is 3.92. The number of hydrogen-bond donors (Lipinski definition) is 2. The highest BCUT2D eigenvalue weighted by Crippen LogP contribution is 2.24. The van der Waals surface area contributed by atoms with Gasteiger partial charge in [-0.2, -0.15) is 0 Å². The number of rotatable bonds is 3. The van der Waals surface area contributed by atoms with Crippen molar-refractivity contribution in [1.29, 1.82) is 0 Å². The fourth-order valence-electron chi connectivity index (χ4n) is 2.79. The van der Waals surface area contributed by atoms with Crippen LogP contribution < -0.4 is 5.32 Å². The standard InChI is InChI=1S/C15H22N2O2/c1-10-7-8-13(11(2)16-10)15(19)17-14-6-4-3-5-12(14)9-18/h7-8,12,14,18H,3-6,9H2,1-2H3,(H,17,19). The van der Waals surface area contributed by atoms with E-state index in [0.717, 1.165) is 37.1 Å².